The molecule has 0 radical (unpaired) electrons. The largest absolute Gasteiger partial charge is 0.495 e. The fourth-order valence-corrected chi connectivity index (χ4v) is 6.88. The lowest BCUT2D eigenvalue weighted by atomic mass is 9.87. The zero-order valence-corrected chi connectivity index (χ0v) is 25.2. The Morgan fingerprint density at radius 3 is 2.58 bits per heavy atom. The second-order valence-electron chi connectivity index (χ2n) is 8.03. The molecule has 1 aliphatic carbocycles. The molecule has 14 heteroatoms. The number of carbonyl (C=O) groups excluding carboxylic acids is 1. The van der Waals surface area contributed by atoms with Gasteiger partial charge in [-0.3, -0.25) is 9.59 Å². The molecule has 3 rings (SSSR count). The molecule has 1 aromatic rings. The summed E-state index contributed by atoms with van der Waals surface area (Å²) in [7, 11) is 1.48. The Kier molecular flexibility index (Phi) is 10.0. The van der Waals surface area contributed by atoms with Gasteiger partial charge in [0.15, 0.2) is 5.60 Å². The molecule has 1 amide bonds. The van der Waals surface area contributed by atoms with Crippen LogP contribution < -0.4 is 15.8 Å². The number of hydrogen-bond acceptors (Lipinski definition) is 8. The van der Waals surface area contributed by atoms with Gasteiger partial charge in [-0.1, -0.05) is 5.16 Å². The lowest BCUT2D eigenvalue weighted by Crippen LogP contribution is -2.45. The Morgan fingerprint density at radius 1 is 1.31 bits per heavy atom. The van der Waals surface area contributed by atoms with Crippen LogP contribution in [0.2, 0.25) is 0 Å². The summed E-state index contributed by atoms with van der Waals surface area (Å²) in [6.45, 7) is 0.634. The van der Waals surface area contributed by atoms with Gasteiger partial charge in [-0.25, -0.2) is 0 Å². The van der Waals surface area contributed by atoms with Gasteiger partial charge in [-0.15, -0.1) is 0 Å². The molecule has 1 aliphatic heterocycles. The van der Waals surface area contributed by atoms with Crippen LogP contribution in [0.5, 0.6) is 5.75 Å². The Labute approximate surface area is 240 Å². The molecule has 1 aromatic carbocycles. The molecule has 10 nitrogen and oxygen atoms in total. The van der Waals surface area contributed by atoms with E-state index in [4.69, 9.17) is 25.2 Å². The number of carboxylic acid groups (broad SMARTS) is 1. The molecule has 0 saturated heterocycles. The number of aliphatic hydroxyl groups excluding tert-OH is 1. The number of halogens is 4. The molecule has 1 spiro atoms. The summed E-state index contributed by atoms with van der Waals surface area (Å²) in [6.07, 6.45) is 1.30. The van der Waals surface area contributed by atoms with Gasteiger partial charge in [0.05, 0.1) is 31.6 Å². The molecule has 3 atom stereocenters. The van der Waals surface area contributed by atoms with Crippen molar-refractivity contribution in [3.05, 3.63) is 47.4 Å². The van der Waals surface area contributed by atoms with Crippen LogP contribution in [0.25, 0.3) is 0 Å². The van der Waals surface area contributed by atoms with Crippen molar-refractivity contribution in [2.45, 2.75) is 37.0 Å². The van der Waals surface area contributed by atoms with Gasteiger partial charge in [-0.2, -0.15) is 0 Å². The first-order valence-electron chi connectivity index (χ1n) is 10.6. The lowest BCUT2D eigenvalue weighted by Gasteiger charge is -2.33. The van der Waals surface area contributed by atoms with Crippen LogP contribution >= 0.6 is 63.7 Å². The van der Waals surface area contributed by atoms with Gasteiger partial charge >= 0.3 is 5.97 Å². The fraction of sp³-hybridized carbons (Fsp3) is 0.409. The molecule has 0 bridgehead atoms. The SMILES string of the molecule is COC1=C(Br)C(O)C2(C=C1Br)CC(C(=O)NCCCOc1c(Br)cc(CC(N)C(=O)O)cc1Br)=NO2. The molecule has 2 aliphatic rings. The van der Waals surface area contributed by atoms with E-state index in [9.17, 15) is 14.7 Å². The van der Waals surface area contributed by atoms with Crippen LogP contribution in [0, 0.1) is 0 Å². The third-order valence-corrected chi connectivity index (χ3v) is 7.99. The van der Waals surface area contributed by atoms with Crippen LogP contribution in [0.15, 0.2) is 47.0 Å². The second kappa shape index (κ2) is 12.4. The fourth-order valence-electron chi connectivity index (χ4n) is 3.58. The van der Waals surface area contributed by atoms with Gasteiger partial charge in [0.2, 0.25) is 0 Å². The van der Waals surface area contributed by atoms with E-state index < -0.39 is 29.6 Å². The maximum Gasteiger partial charge on any atom is 0.320 e. The number of rotatable bonds is 10. The van der Waals surface area contributed by atoms with E-state index in [1.807, 2.05) is 0 Å². The van der Waals surface area contributed by atoms with Gasteiger partial charge in [0.1, 0.15) is 29.4 Å². The standard InChI is InChI=1S/C22H23Br4N3O7/c1-34-18-13(25)8-22(19(30)16(18)26)9-15(29-36-22)20(31)28-3-2-4-35-17-11(23)5-10(6-12(17)24)7-14(27)21(32)33/h5-6,8,14,19,30H,2-4,7,9,27H2,1H3,(H,28,31)(H,32,33). The zero-order chi connectivity index (χ0) is 26.6. The minimum absolute atomic E-state index is 0.0788. The predicted octanol–water partition coefficient (Wildman–Crippen LogP) is 3.47. The number of amides is 1. The number of methoxy groups -OCH3 is 1. The minimum Gasteiger partial charge on any atom is -0.495 e. The average Bonchev–Trinajstić information content (AvgIpc) is 3.24. The smallest absolute Gasteiger partial charge is 0.320 e. The van der Waals surface area contributed by atoms with Gasteiger partial charge in [0.25, 0.3) is 5.91 Å². The number of aliphatic carboxylic acids is 1. The summed E-state index contributed by atoms with van der Waals surface area (Å²) in [5.74, 6) is -0.476. The number of hydrogen-bond donors (Lipinski definition) is 4. The Bertz CT molecular complexity index is 1120. The van der Waals surface area contributed by atoms with Crippen molar-refractivity contribution >= 4 is 81.3 Å². The van der Waals surface area contributed by atoms with Crippen LogP contribution in [0.3, 0.4) is 0 Å². The number of carbonyl (C=O) groups is 2. The Balaban J connectivity index is 1.47. The first-order chi connectivity index (χ1) is 17.0. The first kappa shape index (κ1) is 29.1. The molecular formula is C22H23Br4N3O7. The van der Waals surface area contributed by atoms with E-state index >= 15 is 0 Å². The van der Waals surface area contributed by atoms with Gasteiger partial charge < -0.3 is 35.6 Å². The van der Waals surface area contributed by atoms with E-state index in [2.05, 4.69) is 74.2 Å². The number of oxime groups is 1. The maximum absolute atomic E-state index is 12.6. The summed E-state index contributed by atoms with van der Waals surface area (Å²) in [4.78, 5) is 29.1. The number of carboxylic acids is 1. The summed E-state index contributed by atoms with van der Waals surface area (Å²) in [5, 5.41) is 26.4. The van der Waals surface area contributed by atoms with E-state index in [1.54, 1.807) is 18.2 Å². The molecule has 3 unspecified atom stereocenters. The molecule has 36 heavy (non-hydrogen) atoms. The van der Waals surface area contributed by atoms with Crippen molar-refractivity contribution in [1.29, 1.82) is 0 Å². The molecule has 1 heterocycles. The minimum atomic E-state index is -1.21. The van der Waals surface area contributed by atoms with Crippen molar-refractivity contribution in [3.63, 3.8) is 0 Å². The van der Waals surface area contributed by atoms with E-state index in [1.165, 1.54) is 7.11 Å². The van der Waals surface area contributed by atoms with E-state index in [0.717, 1.165) is 5.56 Å². The number of nitrogens with zero attached hydrogens (tertiary/aromatic N) is 1. The third-order valence-electron chi connectivity index (χ3n) is 5.43. The number of allylic oxidation sites excluding steroid dienone is 1. The summed E-state index contributed by atoms with van der Waals surface area (Å²) in [6, 6.07) is 2.52. The van der Waals surface area contributed by atoms with Crippen LogP contribution in [0.4, 0.5) is 0 Å². The Morgan fingerprint density at radius 2 is 1.97 bits per heavy atom. The van der Waals surface area contributed by atoms with Crippen LogP contribution in [0.1, 0.15) is 18.4 Å². The number of nitrogens with one attached hydrogen (secondary N) is 1. The van der Waals surface area contributed by atoms with Crippen LogP contribution in [-0.4, -0.2) is 65.8 Å². The number of benzene rings is 1. The summed E-state index contributed by atoms with van der Waals surface area (Å²) in [5.41, 5.74) is 5.29. The number of aliphatic hydroxyl groups is 1. The number of nitrogens with two attached hydrogens (primary N) is 1. The third kappa shape index (κ3) is 6.51. The van der Waals surface area contributed by atoms with E-state index in [-0.39, 0.29) is 18.6 Å². The van der Waals surface area contributed by atoms with Crippen molar-refractivity contribution < 1.29 is 34.1 Å². The van der Waals surface area contributed by atoms with Crippen molar-refractivity contribution in [3.8, 4) is 5.75 Å². The highest BCUT2D eigenvalue weighted by Crippen LogP contribution is 2.44. The lowest BCUT2D eigenvalue weighted by molar-refractivity contribution is -0.138. The summed E-state index contributed by atoms with van der Waals surface area (Å²) < 4.78 is 13.3. The van der Waals surface area contributed by atoms with E-state index in [0.29, 0.717) is 49.0 Å². The van der Waals surface area contributed by atoms with Crippen LogP contribution in [-0.2, 0) is 25.6 Å². The molecule has 0 saturated carbocycles. The van der Waals surface area contributed by atoms with Crippen molar-refractivity contribution in [2.75, 3.05) is 20.3 Å². The average molecular weight is 761 g/mol. The molecule has 196 valence electrons. The Hall–Kier alpha value is -1.45. The molecule has 0 fully saturated rings. The highest BCUT2D eigenvalue weighted by Gasteiger charge is 2.50. The van der Waals surface area contributed by atoms with Crippen molar-refractivity contribution in [2.24, 2.45) is 10.9 Å². The van der Waals surface area contributed by atoms with Gasteiger partial charge in [-0.05, 0) is 100 Å². The maximum atomic E-state index is 12.6. The quantitative estimate of drug-likeness (QED) is 0.265. The number of ether oxygens (including phenoxy) is 2. The summed E-state index contributed by atoms with van der Waals surface area (Å²) >= 11 is 13.6. The molecule has 5 N–H and O–H groups in total. The highest BCUT2D eigenvalue weighted by molar-refractivity contribution is 9.12. The second-order valence-corrected chi connectivity index (χ2v) is 11.4. The monoisotopic (exact) mass is 757 g/mol. The van der Waals surface area contributed by atoms with Crippen molar-refractivity contribution in [1.82, 2.24) is 5.32 Å². The normalized spacial score (nSPS) is 22.0. The highest BCUT2D eigenvalue weighted by atomic mass is 79.9. The topological polar surface area (TPSA) is 153 Å². The first-order valence-corrected chi connectivity index (χ1v) is 13.8. The van der Waals surface area contributed by atoms with Gasteiger partial charge in [0, 0.05) is 13.0 Å². The molecule has 0 aromatic heterocycles. The predicted molar refractivity (Wildman–Crippen MR) is 146 cm³/mol. The zero-order valence-electron chi connectivity index (χ0n) is 18.9. The molecular weight excluding hydrogens is 738 g/mol.